The molecule has 2 aromatic carbocycles. The maximum absolute atomic E-state index is 13.3. The molecule has 0 bridgehead atoms. The SMILES string of the molecule is COc1cc2c(cc1OC)C(=O)N(C1CCCN(CCCOc3ccc(Cl)cc3)C1)CC2.Cl. The van der Waals surface area contributed by atoms with Crippen LogP contribution in [-0.2, 0) is 6.42 Å². The number of methoxy groups -OCH3 is 2. The van der Waals surface area contributed by atoms with Gasteiger partial charge in [-0.1, -0.05) is 11.6 Å². The zero-order chi connectivity index (χ0) is 22.5. The van der Waals surface area contributed by atoms with E-state index in [9.17, 15) is 4.79 Å². The van der Waals surface area contributed by atoms with Crippen molar-refractivity contribution in [2.24, 2.45) is 0 Å². The second-order valence-corrected chi connectivity index (χ2v) is 8.80. The molecule has 6 nitrogen and oxygen atoms in total. The second kappa shape index (κ2) is 11.8. The van der Waals surface area contributed by atoms with Crippen LogP contribution in [0.15, 0.2) is 36.4 Å². The lowest BCUT2D eigenvalue weighted by Gasteiger charge is -2.41. The third-order valence-electron chi connectivity index (χ3n) is 6.35. The minimum absolute atomic E-state index is 0. The number of carbonyl (C=O) groups excluding carboxylic acids is 1. The van der Waals surface area contributed by atoms with Crippen molar-refractivity contribution in [3.8, 4) is 17.2 Å². The van der Waals surface area contributed by atoms with E-state index >= 15 is 0 Å². The molecule has 2 aliphatic heterocycles. The highest BCUT2D eigenvalue weighted by Crippen LogP contribution is 2.34. The molecule has 2 aliphatic rings. The normalized spacial score (nSPS) is 18.3. The largest absolute Gasteiger partial charge is 0.494 e. The molecule has 0 aliphatic carbocycles. The lowest BCUT2D eigenvalue weighted by atomic mass is 9.94. The molecule has 1 unspecified atom stereocenters. The van der Waals surface area contributed by atoms with Gasteiger partial charge >= 0.3 is 0 Å². The monoisotopic (exact) mass is 494 g/mol. The zero-order valence-corrected chi connectivity index (χ0v) is 20.8. The van der Waals surface area contributed by atoms with Gasteiger partial charge in [-0.15, -0.1) is 12.4 Å². The highest BCUT2D eigenvalue weighted by molar-refractivity contribution is 6.30. The van der Waals surface area contributed by atoms with Gasteiger partial charge in [-0.2, -0.15) is 0 Å². The van der Waals surface area contributed by atoms with E-state index in [2.05, 4.69) is 9.80 Å². The molecule has 2 aromatic rings. The summed E-state index contributed by atoms with van der Waals surface area (Å²) in [5.74, 6) is 2.23. The van der Waals surface area contributed by atoms with Gasteiger partial charge in [0.25, 0.3) is 5.91 Å². The Balaban J connectivity index is 0.00000306. The van der Waals surface area contributed by atoms with Crippen LogP contribution in [0, 0.1) is 0 Å². The number of carbonyl (C=O) groups is 1. The van der Waals surface area contributed by atoms with Crippen LogP contribution in [0.1, 0.15) is 35.2 Å². The van der Waals surface area contributed by atoms with Gasteiger partial charge in [-0.05, 0) is 74.2 Å². The molecular weight excluding hydrogens is 463 g/mol. The Labute approximate surface area is 207 Å². The zero-order valence-electron chi connectivity index (χ0n) is 19.2. The Hall–Kier alpha value is -2.15. The number of piperidine rings is 1. The molecular formula is C25H32Cl2N2O4. The molecule has 4 rings (SSSR count). The molecule has 0 radical (unpaired) electrons. The number of rotatable bonds is 8. The Morgan fingerprint density at radius 3 is 2.52 bits per heavy atom. The van der Waals surface area contributed by atoms with Crippen molar-refractivity contribution < 1.29 is 19.0 Å². The molecule has 2 heterocycles. The van der Waals surface area contributed by atoms with Gasteiger partial charge in [0.1, 0.15) is 5.75 Å². The van der Waals surface area contributed by atoms with Crippen LogP contribution in [-0.4, -0.2) is 68.8 Å². The summed E-state index contributed by atoms with van der Waals surface area (Å²) in [6.45, 7) is 4.37. The number of fused-ring (bicyclic) bond motifs is 1. The van der Waals surface area contributed by atoms with E-state index < -0.39 is 0 Å². The molecule has 0 N–H and O–H groups in total. The second-order valence-electron chi connectivity index (χ2n) is 8.37. The van der Waals surface area contributed by atoms with E-state index in [0.717, 1.165) is 68.7 Å². The van der Waals surface area contributed by atoms with Gasteiger partial charge in [0.15, 0.2) is 11.5 Å². The van der Waals surface area contributed by atoms with Gasteiger partial charge in [0.2, 0.25) is 0 Å². The van der Waals surface area contributed by atoms with E-state index in [1.807, 2.05) is 36.4 Å². The highest BCUT2D eigenvalue weighted by atomic mass is 35.5. The van der Waals surface area contributed by atoms with Crippen LogP contribution in [0.25, 0.3) is 0 Å². The minimum atomic E-state index is 0. The molecule has 1 amide bonds. The number of amides is 1. The molecule has 180 valence electrons. The van der Waals surface area contributed by atoms with E-state index in [0.29, 0.717) is 23.1 Å². The summed E-state index contributed by atoms with van der Waals surface area (Å²) in [7, 11) is 3.23. The Bertz CT molecular complexity index is 939. The molecule has 0 spiro atoms. The van der Waals surface area contributed by atoms with Gasteiger partial charge in [-0.25, -0.2) is 0 Å². The van der Waals surface area contributed by atoms with Crippen LogP contribution in [0.2, 0.25) is 5.02 Å². The summed E-state index contributed by atoms with van der Waals surface area (Å²) in [5, 5.41) is 0.712. The van der Waals surface area contributed by atoms with Crippen molar-refractivity contribution in [3.63, 3.8) is 0 Å². The summed E-state index contributed by atoms with van der Waals surface area (Å²) in [4.78, 5) is 17.8. The number of benzene rings is 2. The molecule has 33 heavy (non-hydrogen) atoms. The first-order chi connectivity index (χ1) is 15.6. The smallest absolute Gasteiger partial charge is 0.254 e. The van der Waals surface area contributed by atoms with Crippen LogP contribution in [0.4, 0.5) is 0 Å². The molecule has 1 atom stereocenters. The first-order valence-corrected chi connectivity index (χ1v) is 11.6. The predicted octanol–water partition coefficient (Wildman–Crippen LogP) is 4.71. The van der Waals surface area contributed by atoms with Crippen LogP contribution in [0.5, 0.6) is 17.2 Å². The summed E-state index contributed by atoms with van der Waals surface area (Å²) < 4.78 is 16.6. The van der Waals surface area contributed by atoms with Crippen molar-refractivity contribution in [1.82, 2.24) is 9.80 Å². The minimum Gasteiger partial charge on any atom is -0.494 e. The Kier molecular flexibility index (Phi) is 9.12. The quantitative estimate of drug-likeness (QED) is 0.497. The van der Waals surface area contributed by atoms with Crippen molar-refractivity contribution in [1.29, 1.82) is 0 Å². The van der Waals surface area contributed by atoms with Gasteiger partial charge in [0, 0.05) is 36.3 Å². The third-order valence-corrected chi connectivity index (χ3v) is 6.60. The fraction of sp³-hybridized carbons (Fsp3) is 0.480. The third kappa shape index (κ3) is 6.05. The highest BCUT2D eigenvalue weighted by Gasteiger charge is 2.33. The number of halogens is 2. The van der Waals surface area contributed by atoms with Crippen LogP contribution >= 0.6 is 24.0 Å². The van der Waals surface area contributed by atoms with E-state index in [1.165, 1.54) is 0 Å². The first-order valence-electron chi connectivity index (χ1n) is 11.3. The number of ether oxygens (including phenoxy) is 3. The van der Waals surface area contributed by atoms with E-state index in [4.69, 9.17) is 25.8 Å². The summed E-state index contributed by atoms with van der Waals surface area (Å²) in [5.41, 5.74) is 1.78. The molecule has 8 heteroatoms. The number of likely N-dealkylation sites (tertiary alicyclic amines) is 1. The topological polar surface area (TPSA) is 51.2 Å². The molecule has 0 saturated carbocycles. The van der Waals surface area contributed by atoms with Gasteiger partial charge in [0.05, 0.1) is 20.8 Å². The Morgan fingerprint density at radius 1 is 1.06 bits per heavy atom. The summed E-state index contributed by atoms with van der Waals surface area (Å²) >= 11 is 5.92. The van der Waals surface area contributed by atoms with Crippen molar-refractivity contribution >= 4 is 29.9 Å². The lowest BCUT2D eigenvalue weighted by Crippen LogP contribution is -2.52. The van der Waals surface area contributed by atoms with E-state index in [-0.39, 0.29) is 24.4 Å². The Morgan fingerprint density at radius 2 is 1.79 bits per heavy atom. The van der Waals surface area contributed by atoms with Crippen LogP contribution < -0.4 is 14.2 Å². The van der Waals surface area contributed by atoms with Crippen molar-refractivity contribution in [2.45, 2.75) is 31.7 Å². The van der Waals surface area contributed by atoms with Crippen molar-refractivity contribution in [3.05, 3.63) is 52.5 Å². The van der Waals surface area contributed by atoms with Crippen LogP contribution in [0.3, 0.4) is 0 Å². The maximum atomic E-state index is 13.3. The number of nitrogens with zero attached hydrogens (tertiary/aromatic N) is 2. The predicted molar refractivity (Wildman–Crippen MR) is 133 cm³/mol. The summed E-state index contributed by atoms with van der Waals surface area (Å²) in [6, 6.07) is 11.5. The molecule has 0 aromatic heterocycles. The maximum Gasteiger partial charge on any atom is 0.254 e. The lowest BCUT2D eigenvalue weighted by molar-refractivity contribution is 0.0517. The fourth-order valence-electron chi connectivity index (χ4n) is 4.67. The first kappa shape index (κ1) is 25.5. The number of hydrogen-bond donors (Lipinski definition) is 0. The molecule has 1 saturated heterocycles. The van der Waals surface area contributed by atoms with Gasteiger partial charge in [-0.3, -0.25) is 4.79 Å². The van der Waals surface area contributed by atoms with Crippen molar-refractivity contribution in [2.75, 3.05) is 47.0 Å². The fourth-order valence-corrected chi connectivity index (χ4v) is 4.80. The van der Waals surface area contributed by atoms with E-state index in [1.54, 1.807) is 14.2 Å². The molecule has 1 fully saturated rings. The summed E-state index contributed by atoms with van der Waals surface area (Å²) in [6.07, 6.45) is 3.94. The standard InChI is InChI=1S/C25H31ClN2O4.ClH/c1-30-23-15-18-10-13-28(25(29)22(18)16-24(23)31-2)20-5-3-11-27(17-20)12-4-14-32-21-8-6-19(26)7-9-21;/h6-9,15-16,20H,3-5,10-14,17H2,1-2H3;1H. The number of hydrogen-bond acceptors (Lipinski definition) is 5. The van der Waals surface area contributed by atoms with Gasteiger partial charge < -0.3 is 24.0 Å². The average Bonchev–Trinajstić information content (AvgIpc) is 2.82. The average molecular weight is 495 g/mol.